The van der Waals surface area contributed by atoms with Crippen LogP contribution in [-0.2, 0) is 38.9 Å². The first-order valence-corrected chi connectivity index (χ1v) is 16.3. The first-order valence-electron chi connectivity index (χ1n) is 16.3. The summed E-state index contributed by atoms with van der Waals surface area (Å²) in [6.07, 6.45) is 6.94. The lowest BCUT2D eigenvalue weighted by Gasteiger charge is -2.47. The van der Waals surface area contributed by atoms with Gasteiger partial charge in [-0.05, 0) is 24.6 Å². The van der Waals surface area contributed by atoms with Gasteiger partial charge in [0.15, 0.2) is 6.79 Å². The van der Waals surface area contributed by atoms with E-state index in [0.717, 1.165) is 25.8 Å². The molecule has 0 aliphatic carbocycles. The zero-order valence-corrected chi connectivity index (χ0v) is 25.7. The van der Waals surface area contributed by atoms with Crippen LogP contribution in [0.1, 0.15) is 68.9 Å². The third kappa shape index (κ3) is 6.28. The van der Waals surface area contributed by atoms with Crippen LogP contribution in [0.15, 0.2) is 60.7 Å². The second-order valence-corrected chi connectivity index (χ2v) is 13.0. The topological polar surface area (TPSA) is 91.4 Å². The molecule has 2 bridgehead atoms. The van der Waals surface area contributed by atoms with Crippen LogP contribution in [0.2, 0.25) is 0 Å². The van der Waals surface area contributed by atoms with E-state index in [4.69, 9.17) is 18.9 Å². The van der Waals surface area contributed by atoms with Crippen LogP contribution >= 0.6 is 0 Å². The van der Waals surface area contributed by atoms with Crippen LogP contribution in [0.25, 0.3) is 0 Å². The van der Waals surface area contributed by atoms with Gasteiger partial charge in [0.25, 0.3) is 0 Å². The molecule has 9 nitrogen and oxygen atoms in total. The molecule has 9 heteroatoms. The molecule has 2 aromatic rings. The third-order valence-corrected chi connectivity index (χ3v) is 10.4. The molecule has 4 heterocycles. The number of piperidine rings is 1. The van der Waals surface area contributed by atoms with E-state index < -0.39 is 30.3 Å². The average Bonchev–Trinajstić information content (AvgIpc) is 3.73. The van der Waals surface area contributed by atoms with Crippen molar-refractivity contribution in [1.82, 2.24) is 4.90 Å². The third-order valence-electron chi connectivity index (χ3n) is 10.4. The Bertz CT molecular complexity index is 1240. The number of rotatable bonds is 11. The maximum atomic E-state index is 14.4. The van der Waals surface area contributed by atoms with Gasteiger partial charge in [-0.25, -0.2) is 4.79 Å². The molecular formula is C35H45N2O7+. The van der Waals surface area contributed by atoms with E-state index in [9.17, 15) is 14.4 Å². The van der Waals surface area contributed by atoms with Crippen LogP contribution in [0, 0.1) is 0 Å². The SMILES string of the molecule is CN1CC[C@@H](OC(=O)CCC(=O)OCOC(C(=O)OC2CC3CCC(C2)[N+]32CCCC2)(c2ccccc2)c2ccccc2)C1. The summed E-state index contributed by atoms with van der Waals surface area (Å²) in [5.41, 5.74) is -0.439. The predicted molar refractivity (Wildman–Crippen MR) is 162 cm³/mol. The number of ether oxygens (including phenoxy) is 4. The summed E-state index contributed by atoms with van der Waals surface area (Å²) < 4.78 is 24.8. The molecule has 0 saturated carbocycles. The molecule has 0 amide bonds. The second kappa shape index (κ2) is 13.4. The van der Waals surface area contributed by atoms with Crippen LogP contribution in [0.4, 0.5) is 0 Å². The van der Waals surface area contributed by atoms with Crippen molar-refractivity contribution in [3.05, 3.63) is 71.8 Å². The number of hydrogen-bond acceptors (Lipinski definition) is 8. The highest BCUT2D eigenvalue weighted by Gasteiger charge is 2.57. The van der Waals surface area contributed by atoms with Crippen LogP contribution < -0.4 is 0 Å². The fourth-order valence-corrected chi connectivity index (χ4v) is 8.21. The molecule has 3 atom stereocenters. The number of carbonyl (C=O) groups excluding carboxylic acids is 3. The Morgan fingerprint density at radius 1 is 0.795 bits per heavy atom. The van der Waals surface area contributed by atoms with Gasteiger partial charge in [-0.2, -0.15) is 0 Å². The molecule has 4 saturated heterocycles. The van der Waals surface area contributed by atoms with E-state index in [1.807, 2.05) is 67.7 Å². The van der Waals surface area contributed by atoms with Gasteiger partial charge >= 0.3 is 17.9 Å². The molecule has 2 aromatic carbocycles. The van der Waals surface area contributed by atoms with Crippen molar-refractivity contribution in [2.24, 2.45) is 0 Å². The Balaban J connectivity index is 1.14. The number of likely N-dealkylation sites (tertiary alicyclic amines) is 1. The van der Waals surface area contributed by atoms with Gasteiger partial charge in [0, 0.05) is 51.6 Å². The minimum atomic E-state index is -1.63. The zero-order valence-electron chi connectivity index (χ0n) is 25.7. The molecule has 4 aliphatic heterocycles. The number of benzene rings is 2. The highest BCUT2D eigenvalue weighted by molar-refractivity contribution is 5.86. The van der Waals surface area contributed by atoms with Crippen molar-refractivity contribution in [3.63, 3.8) is 0 Å². The summed E-state index contributed by atoms with van der Waals surface area (Å²) in [7, 11) is 1.98. The standard InChI is InChI=1S/C35H45N2O7/c1-36-19-18-30(24-36)43-33(39)17-16-32(38)41-25-42-35(26-10-4-2-5-11-26,27-12-6-3-7-13-27)34(40)44-31-22-28-14-15-29(23-31)37(28)20-8-9-21-37/h2-7,10-13,28-31H,8-9,14-25H2,1H3/q+1/t28?,29?,30-,31?/m1/s1. The average molecular weight is 606 g/mol. The zero-order chi connectivity index (χ0) is 30.6. The van der Waals surface area contributed by atoms with Gasteiger partial charge in [-0.15, -0.1) is 0 Å². The van der Waals surface area contributed by atoms with Crippen LogP contribution in [-0.4, -0.2) is 91.6 Å². The molecule has 1 spiro atoms. The Morgan fingerprint density at radius 3 is 1.95 bits per heavy atom. The summed E-state index contributed by atoms with van der Waals surface area (Å²) in [4.78, 5) is 41.4. The Kier molecular flexibility index (Phi) is 9.35. The molecule has 4 fully saturated rings. The Labute approximate surface area is 260 Å². The Hall–Kier alpha value is -3.27. The summed E-state index contributed by atoms with van der Waals surface area (Å²) in [6.45, 7) is 3.60. The second-order valence-electron chi connectivity index (χ2n) is 13.0. The van der Waals surface area contributed by atoms with E-state index in [-0.39, 0.29) is 25.0 Å². The van der Waals surface area contributed by atoms with Crippen molar-refractivity contribution in [2.75, 3.05) is 40.0 Å². The van der Waals surface area contributed by atoms with Gasteiger partial charge in [-0.1, -0.05) is 60.7 Å². The normalized spacial score (nSPS) is 26.0. The van der Waals surface area contributed by atoms with E-state index in [1.54, 1.807) is 0 Å². The summed E-state index contributed by atoms with van der Waals surface area (Å²) in [6, 6.07) is 19.6. The molecule has 44 heavy (non-hydrogen) atoms. The fraction of sp³-hybridized carbons (Fsp3) is 0.571. The quantitative estimate of drug-likeness (QED) is 0.162. The summed E-state index contributed by atoms with van der Waals surface area (Å²) >= 11 is 0. The number of hydrogen-bond donors (Lipinski definition) is 0. The van der Waals surface area contributed by atoms with E-state index in [0.29, 0.717) is 29.8 Å². The maximum Gasteiger partial charge on any atom is 0.348 e. The summed E-state index contributed by atoms with van der Waals surface area (Å²) in [5.74, 6) is -1.53. The van der Waals surface area contributed by atoms with Crippen LogP contribution in [0.5, 0.6) is 0 Å². The molecule has 0 radical (unpaired) electrons. The van der Waals surface area contributed by atoms with Crippen molar-refractivity contribution in [2.45, 2.75) is 87.7 Å². The Morgan fingerprint density at radius 2 is 1.39 bits per heavy atom. The molecular weight excluding hydrogens is 560 g/mol. The van der Waals surface area contributed by atoms with E-state index in [1.165, 1.54) is 43.3 Å². The number of nitrogens with zero attached hydrogens (tertiary/aromatic N) is 2. The van der Waals surface area contributed by atoms with Crippen molar-refractivity contribution >= 4 is 17.9 Å². The lowest BCUT2D eigenvalue weighted by atomic mass is 9.85. The molecule has 6 rings (SSSR count). The molecule has 236 valence electrons. The van der Waals surface area contributed by atoms with Crippen molar-refractivity contribution < 1.29 is 37.8 Å². The molecule has 0 aromatic heterocycles. The first kappa shape index (κ1) is 30.7. The maximum absolute atomic E-state index is 14.4. The molecule has 0 N–H and O–H groups in total. The van der Waals surface area contributed by atoms with Crippen molar-refractivity contribution in [3.8, 4) is 0 Å². The first-order chi connectivity index (χ1) is 21.4. The lowest BCUT2D eigenvalue weighted by molar-refractivity contribution is -0.956. The number of quaternary nitrogens is 1. The van der Waals surface area contributed by atoms with Crippen molar-refractivity contribution in [1.29, 1.82) is 0 Å². The van der Waals surface area contributed by atoms with Gasteiger partial charge in [0.05, 0.1) is 38.0 Å². The predicted octanol–water partition coefficient (Wildman–Crippen LogP) is 4.32. The minimum Gasteiger partial charge on any atom is -0.461 e. The smallest absolute Gasteiger partial charge is 0.348 e. The number of carbonyl (C=O) groups is 3. The highest BCUT2D eigenvalue weighted by atomic mass is 16.7. The van der Waals surface area contributed by atoms with Gasteiger partial charge in [-0.3, -0.25) is 9.59 Å². The van der Waals surface area contributed by atoms with Gasteiger partial charge < -0.3 is 28.3 Å². The largest absolute Gasteiger partial charge is 0.461 e. The lowest BCUT2D eigenvalue weighted by Crippen LogP contribution is -2.60. The van der Waals surface area contributed by atoms with Gasteiger partial charge in [0.1, 0.15) is 12.2 Å². The fourth-order valence-electron chi connectivity index (χ4n) is 8.21. The minimum absolute atomic E-state index is 0.0758. The molecule has 4 aliphatic rings. The van der Waals surface area contributed by atoms with E-state index >= 15 is 0 Å². The monoisotopic (exact) mass is 605 g/mol. The van der Waals surface area contributed by atoms with Gasteiger partial charge in [0.2, 0.25) is 5.60 Å². The molecule has 2 unspecified atom stereocenters. The highest BCUT2D eigenvalue weighted by Crippen LogP contribution is 2.47. The number of esters is 3. The number of likely N-dealkylation sites (N-methyl/N-ethyl adjacent to an activating group) is 1. The van der Waals surface area contributed by atoms with E-state index in [2.05, 4.69) is 4.90 Å². The van der Waals surface area contributed by atoms with Crippen LogP contribution in [0.3, 0.4) is 0 Å². The summed E-state index contributed by atoms with van der Waals surface area (Å²) in [5, 5.41) is 0.